The summed E-state index contributed by atoms with van der Waals surface area (Å²) >= 11 is 0. The molecule has 1 aliphatic rings. The van der Waals surface area contributed by atoms with Crippen LogP contribution in [0.3, 0.4) is 0 Å². The van der Waals surface area contributed by atoms with Gasteiger partial charge in [-0.3, -0.25) is 4.79 Å². The molecule has 3 rings (SSSR count). The molecule has 0 saturated carbocycles. The SMILES string of the molecule is CC(=O)Nc1ccc(NC2CCCc3occc32)cc1. The Kier molecular flexibility index (Phi) is 3.46. The molecule has 0 saturated heterocycles. The molecule has 2 N–H and O–H groups in total. The lowest BCUT2D eigenvalue weighted by atomic mass is 9.93. The van der Waals surface area contributed by atoms with Crippen LogP contribution >= 0.6 is 0 Å². The molecule has 2 aromatic rings. The molecule has 1 atom stereocenters. The van der Waals surface area contributed by atoms with Crippen molar-refractivity contribution < 1.29 is 9.21 Å². The third kappa shape index (κ3) is 2.69. The van der Waals surface area contributed by atoms with Crippen molar-refractivity contribution in [3.63, 3.8) is 0 Å². The van der Waals surface area contributed by atoms with E-state index in [9.17, 15) is 4.79 Å². The number of rotatable bonds is 3. The molecule has 0 radical (unpaired) electrons. The highest BCUT2D eigenvalue weighted by Gasteiger charge is 2.22. The first-order valence-corrected chi connectivity index (χ1v) is 6.93. The fourth-order valence-electron chi connectivity index (χ4n) is 2.69. The molecule has 0 aliphatic heterocycles. The first kappa shape index (κ1) is 12.8. The molecule has 1 aliphatic carbocycles. The quantitative estimate of drug-likeness (QED) is 0.893. The second-order valence-electron chi connectivity index (χ2n) is 5.15. The summed E-state index contributed by atoms with van der Waals surface area (Å²) in [5, 5.41) is 6.30. The van der Waals surface area contributed by atoms with Gasteiger partial charge >= 0.3 is 0 Å². The number of hydrogen-bond donors (Lipinski definition) is 2. The molecule has 104 valence electrons. The molecular formula is C16H18N2O2. The number of anilines is 2. The van der Waals surface area contributed by atoms with Gasteiger partial charge in [0.25, 0.3) is 0 Å². The van der Waals surface area contributed by atoms with E-state index in [2.05, 4.69) is 16.7 Å². The average molecular weight is 270 g/mol. The Hall–Kier alpha value is -2.23. The number of fused-ring (bicyclic) bond motifs is 1. The van der Waals surface area contributed by atoms with Crippen LogP contribution in [-0.2, 0) is 11.2 Å². The Morgan fingerprint density at radius 2 is 1.95 bits per heavy atom. The number of nitrogens with one attached hydrogen (secondary N) is 2. The molecule has 1 unspecified atom stereocenters. The van der Waals surface area contributed by atoms with E-state index in [1.54, 1.807) is 6.26 Å². The lowest BCUT2D eigenvalue weighted by molar-refractivity contribution is -0.114. The lowest BCUT2D eigenvalue weighted by Gasteiger charge is -2.23. The monoisotopic (exact) mass is 270 g/mol. The molecule has 0 bridgehead atoms. The van der Waals surface area contributed by atoms with E-state index >= 15 is 0 Å². The predicted octanol–water partition coefficient (Wildman–Crippen LogP) is 3.73. The Labute approximate surface area is 118 Å². The van der Waals surface area contributed by atoms with Gasteiger partial charge < -0.3 is 15.1 Å². The third-order valence-corrected chi connectivity index (χ3v) is 3.60. The highest BCUT2D eigenvalue weighted by atomic mass is 16.3. The minimum Gasteiger partial charge on any atom is -0.469 e. The standard InChI is InChI=1S/C16H18N2O2/c1-11(19)17-12-5-7-13(8-6-12)18-15-3-2-4-16-14(15)9-10-20-16/h5-10,15,18H,2-4H2,1H3,(H,17,19). The van der Waals surface area contributed by atoms with Crippen LogP contribution < -0.4 is 10.6 Å². The number of hydrogen-bond acceptors (Lipinski definition) is 3. The van der Waals surface area contributed by atoms with E-state index in [0.717, 1.165) is 36.4 Å². The van der Waals surface area contributed by atoms with Crippen molar-refractivity contribution in [3.8, 4) is 0 Å². The van der Waals surface area contributed by atoms with Crippen LogP contribution in [0, 0.1) is 0 Å². The molecule has 1 amide bonds. The van der Waals surface area contributed by atoms with Gasteiger partial charge in [-0.2, -0.15) is 0 Å². The van der Waals surface area contributed by atoms with Crippen LogP contribution in [0.25, 0.3) is 0 Å². The lowest BCUT2D eigenvalue weighted by Crippen LogP contribution is -2.15. The van der Waals surface area contributed by atoms with E-state index in [1.165, 1.54) is 12.5 Å². The number of benzene rings is 1. The van der Waals surface area contributed by atoms with Gasteiger partial charge in [-0.15, -0.1) is 0 Å². The summed E-state index contributed by atoms with van der Waals surface area (Å²) in [4.78, 5) is 11.0. The maximum absolute atomic E-state index is 11.0. The van der Waals surface area contributed by atoms with Crippen molar-refractivity contribution in [2.45, 2.75) is 32.2 Å². The summed E-state index contributed by atoms with van der Waals surface area (Å²) < 4.78 is 5.50. The summed E-state index contributed by atoms with van der Waals surface area (Å²) in [6.45, 7) is 1.51. The van der Waals surface area contributed by atoms with E-state index in [4.69, 9.17) is 4.42 Å². The topological polar surface area (TPSA) is 54.3 Å². The summed E-state index contributed by atoms with van der Waals surface area (Å²) in [5.74, 6) is 1.05. The van der Waals surface area contributed by atoms with Crippen LogP contribution in [-0.4, -0.2) is 5.91 Å². The van der Waals surface area contributed by atoms with Crippen molar-refractivity contribution in [2.24, 2.45) is 0 Å². The first-order valence-electron chi connectivity index (χ1n) is 6.93. The minimum absolute atomic E-state index is 0.0546. The Bertz CT molecular complexity index is 601. The highest BCUT2D eigenvalue weighted by molar-refractivity contribution is 5.88. The number of furan rings is 1. The molecule has 4 nitrogen and oxygen atoms in total. The Morgan fingerprint density at radius 3 is 2.70 bits per heavy atom. The maximum atomic E-state index is 11.0. The summed E-state index contributed by atoms with van der Waals surface area (Å²) in [5.41, 5.74) is 3.14. The number of carbonyl (C=O) groups is 1. The van der Waals surface area contributed by atoms with Crippen LogP contribution in [0.15, 0.2) is 41.0 Å². The van der Waals surface area contributed by atoms with Gasteiger partial charge in [-0.1, -0.05) is 0 Å². The van der Waals surface area contributed by atoms with E-state index < -0.39 is 0 Å². The second kappa shape index (κ2) is 5.41. The highest BCUT2D eigenvalue weighted by Crippen LogP contribution is 2.33. The second-order valence-corrected chi connectivity index (χ2v) is 5.15. The molecule has 20 heavy (non-hydrogen) atoms. The first-order chi connectivity index (χ1) is 9.72. The van der Waals surface area contributed by atoms with Crippen molar-refractivity contribution >= 4 is 17.3 Å². The van der Waals surface area contributed by atoms with Crippen molar-refractivity contribution in [1.82, 2.24) is 0 Å². The molecule has 1 aromatic heterocycles. The van der Waals surface area contributed by atoms with Crippen LogP contribution in [0.4, 0.5) is 11.4 Å². The van der Waals surface area contributed by atoms with Gasteiger partial charge in [-0.05, 0) is 43.2 Å². The normalized spacial score (nSPS) is 17.4. The van der Waals surface area contributed by atoms with Crippen molar-refractivity contribution in [2.75, 3.05) is 10.6 Å². The van der Waals surface area contributed by atoms with Gasteiger partial charge in [0.15, 0.2) is 0 Å². The van der Waals surface area contributed by atoms with Crippen LogP contribution in [0.5, 0.6) is 0 Å². The molecule has 1 aromatic carbocycles. The van der Waals surface area contributed by atoms with Crippen molar-refractivity contribution in [3.05, 3.63) is 47.9 Å². The number of amides is 1. The van der Waals surface area contributed by atoms with E-state index in [0.29, 0.717) is 6.04 Å². The largest absolute Gasteiger partial charge is 0.469 e. The summed E-state index contributed by atoms with van der Waals surface area (Å²) in [7, 11) is 0. The van der Waals surface area contributed by atoms with Gasteiger partial charge in [0.05, 0.1) is 12.3 Å². The van der Waals surface area contributed by atoms with Crippen LogP contribution in [0.1, 0.15) is 37.1 Å². The van der Waals surface area contributed by atoms with E-state index in [1.807, 2.05) is 24.3 Å². The van der Waals surface area contributed by atoms with Gasteiger partial charge in [0.1, 0.15) is 5.76 Å². The molecule has 1 heterocycles. The number of aryl methyl sites for hydroxylation is 1. The fourth-order valence-corrected chi connectivity index (χ4v) is 2.69. The average Bonchev–Trinajstić information content (AvgIpc) is 2.90. The zero-order chi connectivity index (χ0) is 13.9. The number of carbonyl (C=O) groups excluding carboxylic acids is 1. The zero-order valence-corrected chi connectivity index (χ0v) is 11.5. The summed E-state index contributed by atoms with van der Waals surface area (Å²) in [6, 6.07) is 10.1. The van der Waals surface area contributed by atoms with Crippen molar-refractivity contribution in [1.29, 1.82) is 0 Å². The Balaban J connectivity index is 1.71. The molecule has 4 heteroatoms. The van der Waals surface area contributed by atoms with E-state index in [-0.39, 0.29) is 5.91 Å². The smallest absolute Gasteiger partial charge is 0.221 e. The zero-order valence-electron chi connectivity index (χ0n) is 11.5. The van der Waals surface area contributed by atoms with Gasteiger partial charge in [-0.25, -0.2) is 0 Å². The molecular weight excluding hydrogens is 252 g/mol. The fraction of sp³-hybridized carbons (Fsp3) is 0.312. The minimum atomic E-state index is -0.0546. The van der Waals surface area contributed by atoms with Gasteiger partial charge in [0, 0.05) is 30.3 Å². The van der Waals surface area contributed by atoms with Crippen LogP contribution in [0.2, 0.25) is 0 Å². The maximum Gasteiger partial charge on any atom is 0.221 e. The molecule has 0 spiro atoms. The third-order valence-electron chi connectivity index (χ3n) is 3.60. The molecule has 0 fully saturated rings. The Morgan fingerprint density at radius 1 is 1.20 bits per heavy atom. The summed E-state index contributed by atoms with van der Waals surface area (Å²) in [6.07, 6.45) is 5.05. The van der Waals surface area contributed by atoms with Gasteiger partial charge in [0.2, 0.25) is 5.91 Å². The predicted molar refractivity (Wildman–Crippen MR) is 78.8 cm³/mol.